The lowest BCUT2D eigenvalue weighted by Crippen LogP contribution is -2.26. The van der Waals surface area contributed by atoms with Gasteiger partial charge >= 0.3 is 6.16 Å². The van der Waals surface area contributed by atoms with Gasteiger partial charge in [-0.2, -0.15) is 10.4 Å². The first-order valence-corrected chi connectivity index (χ1v) is 12.5. The molecule has 0 radical (unpaired) electrons. The number of carboxylic acid groups (broad SMARTS) is 1. The lowest BCUT2D eigenvalue weighted by atomic mass is 10.0. The maximum atomic E-state index is 14.0. The Labute approximate surface area is 234 Å². The number of hydrogen-bond donors (Lipinski definition) is 3. The molecule has 0 fully saturated rings. The molecular weight excluding hydrogens is 527 g/mol. The fraction of sp³-hybridized carbons (Fsp3) is 0.0968. The second kappa shape index (κ2) is 10.8. The van der Waals surface area contributed by atoms with Crippen molar-refractivity contribution in [2.45, 2.75) is 19.8 Å². The minimum absolute atomic E-state index is 0.0705. The van der Waals surface area contributed by atoms with Crippen molar-refractivity contribution in [2.75, 3.05) is 10.3 Å². The third-order valence-electron chi connectivity index (χ3n) is 6.61. The maximum Gasteiger partial charge on any atom is 0.511 e. The van der Waals surface area contributed by atoms with Crippen LogP contribution in [0.5, 0.6) is 11.5 Å². The van der Waals surface area contributed by atoms with Gasteiger partial charge in [-0.05, 0) is 65.6 Å². The Balaban J connectivity index is 1.51. The molecule has 1 aliphatic heterocycles. The highest BCUT2D eigenvalue weighted by Gasteiger charge is 2.35. The van der Waals surface area contributed by atoms with Crippen LogP contribution in [0.15, 0.2) is 84.0 Å². The van der Waals surface area contributed by atoms with Crippen molar-refractivity contribution < 1.29 is 28.9 Å². The summed E-state index contributed by atoms with van der Waals surface area (Å²) in [5, 5.41) is 33.6. The first-order chi connectivity index (χ1) is 19.7. The number of fused-ring (bicyclic) bond motifs is 1. The van der Waals surface area contributed by atoms with Gasteiger partial charge in [0.25, 0.3) is 5.91 Å². The molecule has 0 spiro atoms. The number of hydrazone groups is 1. The van der Waals surface area contributed by atoms with E-state index in [-0.39, 0.29) is 22.7 Å². The predicted octanol–water partition coefficient (Wildman–Crippen LogP) is 6.74. The number of aromatic hydroxyl groups is 1. The Kier molecular flexibility index (Phi) is 7.10. The molecule has 0 aromatic heterocycles. The summed E-state index contributed by atoms with van der Waals surface area (Å²) in [6, 6.07) is 22.7. The molecule has 1 heterocycles. The lowest BCUT2D eigenvalue weighted by molar-refractivity contribution is -0.111. The normalized spacial score (nSPS) is 13.3. The molecule has 41 heavy (non-hydrogen) atoms. The summed E-state index contributed by atoms with van der Waals surface area (Å²) < 4.78 is 18.5. The van der Waals surface area contributed by atoms with Gasteiger partial charge in [0.05, 0.1) is 23.0 Å². The standard InChI is InChI=1S/C31H23FN4O5/c1-17(2)19-7-10-21(11-8-19)36-26-14-18(16-33)6-12-23(26)28(30(36)38)35-34-25-5-3-4-22(29(25)37)20-9-13-24(32)27(15-20)41-31(39)40/h3-15,17,34,37H,1-2H3,(H,39,40). The van der Waals surface area contributed by atoms with Gasteiger partial charge < -0.3 is 14.9 Å². The SMILES string of the molecule is CC(C)c1ccc(N2C(=O)C(=NNc3cccc(-c4ccc(F)c(OC(=O)O)c4)c3O)c3ccc(C#N)cc32)cc1. The van der Waals surface area contributed by atoms with E-state index in [0.29, 0.717) is 34.0 Å². The largest absolute Gasteiger partial charge is 0.511 e. The Morgan fingerprint density at radius 1 is 1.05 bits per heavy atom. The van der Waals surface area contributed by atoms with Crippen molar-refractivity contribution in [1.82, 2.24) is 0 Å². The highest BCUT2D eigenvalue weighted by molar-refractivity contribution is 6.55. The van der Waals surface area contributed by atoms with Gasteiger partial charge in [0.1, 0.15) is 5.75 Å². The van der Waals surface area contributed by atoms with E-state index < -0.39 is 23.6 Å². The van der Waals surface area contributed by atoms with Gasteiger partial charge in [0.15, 0.2) is 17.3 Å². The number of amides is 1. The zero-order valence-corrected chi connectivity index (χ0v) is 21.9. The molecule has 3 N–H and O–H groups in total. The first-order valence-electron chi connectivity index (χ1n) is 12.5. The maximum absolute atomic E-state index is 14.0. The number of halogens is 1. The van der Waals surface area contributed by atoms with Crippen LogP contribution < -0.4 is 15.1 Å². The number of carbonyl (C=O) groups excluding carboxylic acids is 1. The molecule has 10 heteroatoms. The van der Waals surface area contributed by atoms with Crippen LogP contribution in [-0.2, 0) is 4.79 Å². The summed E-state index contributed by atoms with van der Waals surface area (Å²) in [4.78, 5) is 26.0. The van der Waals surface area contributed by atoms with Crippen LogP contribution in [0, 0.1) is 17.1 Å². The Hall–Kier alpha value is -5.69. The Morgan fingerprint density at radius 3 is 2.49 bits per heavy atom. The number of para-hydroxylation sites is 1. The third-order valence-corrected chi connectivity index (χ3v) is 6.61. The highest BCUT2D eigenvalue weighted by atomic mass is 19.1. The Bertz CT molecular complexity index is 1760. The van der Waals surface area contributed by atoms with Crippen LogP contribution in [0.4, 0.5) is 26.2 Å². The summed E-state index contributed by atoms with van der Waals surface area (Å²) in [6.45, 7) is 4.15. The topological polar surface area (TPSA) is 135 Å². The van der Waals surface area contributed by atoms with E-state index in [1.165, 1.54) is 17.0 Å². The van der Waals surface area contributed by atoms with Gasteiger partial charge in [-0.25, -0.2) is 9.18 Å². The van der Waals surface area contributed by atoms with Crippen LogP contribution in [0.3, 0.4) is 0 Å². The molecular formula is C31H23FN4O5. The number of phenolic OH excluding ortho intramolecular Hbond substituents is 1. The summed E-state index contributed by atoms with van der Waals surface area (Å²) in [7, 11) is 0. The van der Waals surface area contributed by atoms with E-state index in [1.807, 2.05) is 24.3 Å². The molecule has 4 aromatic carbocycles. The number of hydrogen-bond acceptors (Lipinski definition) is 7. The smallest absolute Gasteiger partial charge is 0.505 e. The molecule has 9 nitrogen and oxygen atoms in total. The minimum Gasteiger partial charge on any atom is -0.505 e. The van der Waals surface area contributed by atoms with E-state index in [2.05, 4.69) is 35.2 Å². The molecule has 0 saturated carbocycles. The number of phenols is 1. The summed E-state index contributed by atoms with van der Waals surface area (Å²) in [5.41, 5.74) is 6.60. The zero-order valence-electron chi connectivity index (χ0n) is 21.9. The molecule has 0 saturated heterocycles. The monoisotopic (exact) mass is 550 g/mol. The molecule has 1 amide bonds. The molecule has 0 unspecified atom stereocenters. The summed E-state index contributed by atoms with van der Waals surface area (Å²) in [5.74, 6) is -1.77. The molecule has 1 aliphatic rings. The molecule has 204 valence electrons. The molecule has 5 rings (SSSR count). The van der Waals surface area contributed by atoms with Crippen LogP contribution >= 0.6 is 0 Å². The number of ether oxygens (including phenoxy) is 1. The Morgan fingerprint density at radius 2 is 1.80 bits per heavy atom. The molecule has 0 aliphatic carbocycles. The summed E-state index contributed by atoms with van der Waals surface area (Å²) >= 11 is 0. The van der Waals surface area contributed by atoms with Gasteiger partial charge in [-0.3, -0.25) is 15.1 Å². The van der Waals surface area contributed by atoms with E-state index in [0.717, 1.165) is 17.7 Å². The van der Waals surface area contributed by atoms with Crippen molar-refractivity contribution in [3.05, 3.63) is 101 Å². The third kappa shape index (κ3) is 5.16. The van der Waals surface area contributed by atoms with Crippen LogP contribution in [0.2, 0.25) is 0 Å². The second-order valence-electron chi connectivity index (χ2n) is 9.52. The first kappa shape index (κ1) is 26.9. The lowest BCUT2D eigenvalue weighted by Gasteiger charge is -2.18. The van der Waals surface area contributed by atoms with Crippen molar-refractivity contribution in [3.63, 3.8) is 0 Å². The molecule has 4 aromatic rings. The number of nitrogens with one attached hydrogen (secondary N) is 1. The number of anilines is 3. The molecule has 0 bridgehead atoms. The zero-order chi connectivity index (χ0) is 29.3. The fourth-order valence-corrected chi connectivity index (χ4v) is 4.52. The van der Waals surface area contributed by atoms with Crippen LogP contribution in [0.1, 0.15) is 36.5 Å². The van der Waals surface area contributed by atoms with E-state index in [1.54, 1.807) is 30.3 Å². The van der Waals surface area contributed by atoms with Crippen molar-refractivity contribution in [2.24, 2.45) is 5.10 Å². The number of carbonyl (C=O) groups is 2. The average Bonchev–Trinajstić information content (AvgIpc) is 3.23. The van der Waals surface area contributed by atoms with Crippen LogP contribution in [-0.4, -0.2) is 28.0 Å². The quantitative estimate of drug-likeness (QED) is 0.105. The van der Waals surface area contributed by atoms with Gasteiger partial charge in [-0.1, -0.05) is 44.2 Å². The van der Waals surface area contributed by atoms with Crippen molar-refractivity contribution >= 4 is 34.8 Å². The predicted molar refractivity (Wildman–Crippen MR) is 151 cm³/mol. The minimum atomic E-state index is -1.68. The van der Waals surface area contributed by atoms with E-state index in [9.17, 15) is 24.3 Å². The average molecular weight is 551 g/mol. The summed E-state index contributed by atoms with van der Waals surface area (Å²) in [6.07, 6.45) is -1.68. The number of benzene rings is 4. The van der Waals surface area contributed by atoms with Gasteiger partial charge in [0, 0.05) is 16.8 Å². The molecule has 0 atom stereocenters. The number of nitriles is 1. The number of rotatable bonds is 6. The fourth-order valence-electron chi connectivity index (χ4n) is 4.52. The van der Waals surface area contributed by atoms with Crippen LogP contribution in [0.25, 0.3) is 11.1 Å². The highest BCUT2D eigenvalue weighted by Crippen LogP contribution is 2.39. The van der Waals surface area contributed by atoms with E-state index >= 15 is 0 Å². The number of nitrogens with zero attached hydrogens (tertiary/aromatic N) is 3. The van der Waals surface area contributed by atoms with Gasteiger partial charge in [-0.15, -0.1) is 0 Å². The van der Waals surface area contributed by atoms with Crippen molar-refractivity contribution in [1.29, 1.82) is 5.26 Å². The van der Waals surface area contributed by atoms with Gasteiger partial charge in [0.2, 0.25) is 0 Å². The van der Waals surface area contributed by atoms with Crippen molar-refractivity contribution in [3.8, 4) is 28.7 Å². The van der Waals surface area contributed by atoms with E-state index in [4.69, 9.17) is 5.11 Å². The second-order valence-corrected chi connectivity index (χ2v) is 9.52.